The summed E-state index contributed by atoms with van der Waals surface area (Å²) in [6.07, 6.45) is 5.15. The predicted molar refractivity (Wildman–Crippen MR) is 200 cm³/mol. The molecule has 4 heterocycles. The quantitative estimate of drug-likeness (QED) is 0.403. The second-order valence-corrected chi connectivity index (χ2v) is 17.8. The number of fused-ring (bicyclic) bond motifs is 6. The van der Waals surface area contributed by atoms with Gasteiger partial charge in [-0.05, 0) is 103 Å². The molecule has 0 saturated carbocycles. The van der Waals surface area contributed by atoms with Gasteiger partial charge >= 0.3 is 66.7 Å². The summed E-state index contributed by atoms with van der Waals surface area (Å²) in [6.45, 7) is 26.6. The first-order valence-corrected chi connectivity index (χ1v) is 24.4. The molecule has 8 nitrogen and oxygen atoms in total. The van der Waals surface area contributed by atoms with Crippen molar-refractivity contribution in [3.8, 4) is 0 Å². The van der Waals surface area contributed by atoms with Gasteiger partial charge in [-0.1, -0.05) is 24.3 Å². The minimum atomic E-state index is 0.00694. The van der Waals surface area contributed by atoms with E-state index in [1.165, 1.54) is 168 Å². The second-order valence-electron chi connectivity index (χ2n) is 13.9. The molecule has 4 unspecified atom stereocenters. The van der Waals surface area contributed by atoms with E-state index in [9.17, 15) is 0 Å². The standard InChI is InChI=1S/C34H62N8.4ClH.2Mn/c1-35-11-3-13-39-25-23-37(21-19-35)15-5-17-41(29-27-39)31-33-7-9-34(10-8-33)32-42-18-6-16-38-22-20-36(2)12-4-14-40(26-24-38)28-30-42;;;;;;/h7-10H,3-6,11-32H2,1-2H3;4*1H;;/q;;;;;2*+2/p-4. The van der Waals surface area contributed by atoms with Crippen molar-refractivity contribution in [2.45, 2.75) is 38.8 Å². The zero-order valence-corrected chi connectivity index (χ0v) is 34.9. The summed E-state index contributed by atoms with van der Waals surface area (Å²) in [5.74, 6) is 0. The molecule has 4 atom stereocenters. The third-order valence-corrected chi connectivity index (χ3v) is 10.3. The molecule has 4 aliphatic heterocycles. The topological polar surface area (TPSA) is 25.9 Å². The van der Waals surface area contributed by atoms with E-state index in [-0.39, 0.29) is 26.3 Å². The van der Waals surface area contributed by atoms with Crippen molar-refractivity contribution in [1.82, 2.24) is 39.2 Å². The number of benzene rings is 1. The maximum absolute atomic E-state index is 4.80. The zero-order valence-electron chi connectivity index (χ0n) is 29.5. The van der Waals surface area contributed by atoms with Crippen LogP contribution in [0, 0.1) is 0 Å². The van der Waals surface area contributed by atoms with Crippen molar-refractivity contribution in [3.05, 3.63) is 35.4 Å². The van der Waals surface area contributed by atoms with Gasteiger partial charge in [-0.2, -0.15) is 0 Å². The maximum atomic E-state index is 4.80. The van der Waals surface area contributed by atoms with Gasteiger partial charge in [0.1, 0.15) is 0 Å². The fourth-order valence-corrected chi connectivity index (χ4v) is 7.29. The predicted octanol–water partition coefficient (Wildman–Crippen LogP) is 4.73. The summed E-state index contributed by atoms with van der Waals surface area (Å²) in [4.78, 5) is 21.4. The summed E-state index contributed by atoms with van der Waals surface area (Å²) < 4.78 is 0. The third kappa shape index (κ3) is 18.7. The molecule has 0 N–H and O–H groups in total. The molecular weight excluding hydrogens is 772 g/mol. The number of halogens is 4. The van der Waals surface area contributed by atoms with Gasteiger partial charge in [0, 0.05) is 91.6 Å². The summed E-state index contributed by atoms with van der Waals surface area (Å²) >= 11 is 0.0139. The minimum absolute atomic E-state index is 0.00694. The first-order valence-electron chi connectivity index (χ1n) is 18.0. The Morgan fingerprint density at radius 3 is 1.00 bits per heavy atom. The van der Waals surface area contributed by atoms with E-state index in [1.54, 1.807) is 0 Å². The molecular formula is C34H62Cl4Mn2N8. The van der Waals surface area contributed by atoms with Gasteiger partial charge in [0.05, 0.1) is 0 Å². The third-order valence-electron chi connectivity index (χ3n) is 10.3. The van der Waals surface area contributed by atoms with Crippen LogP contribution < -0.4 is 0 Å². The molecule has 4 saturated heterocycles. The van der Waals surface area contributed by atoms with Gasteiger partial charge in [-0.3, -0.25) is 9.80 Å². The molecule has 14 heteroatoms. The van der Waals surface area contributed by atoms with Gasteiger partial charge in [0.25, 0.3) is 0 Å². The van der Waals surface area contributed by atoms with E-state index < -0.39 is 0 Å². The summed E-state index contributed by atoms with van der Waals surface area (Å²) in [7, 11) is 23.8. The van der Waals surface area contributed by atoms with E-state index >= 15 is 0 Å². The van der Waals surface area contributed by atoms with Crippen LogP contribution in [0.15, 0.2) is 24.3 Å². The Kier molecular flexibility index (Phi) is 24.3. The molecule has 0 aromatic heterocycles. The van der Waals surface area contributed by atoms with Crippen LogP contribution >= 0.6 is 40.4 Å². The Labute approximate surface area is 322 Å². The van der Waals surface area contributed by atoms with Gasteiger partial charge in [-0.15, -0.1) is 0 Å². The molecule has 4 bridgehead atoms. The number of rotatable bonds is 4. The molecule has 5 rings (SSSR count). The van der Waals surface area contributed by atoms with E-state index in [2.05, 4.69) is 77.6 Å². The number of nitrogens with zero attached hydrogens (tertiary/aromatic N) is 8. The Balaban J connectivity index is 0.000000969. The van der Waals surface area contributed by atoms with Crippen LogP contribution in [-0.4, -0.2) is 184 Å². The molecule has 48 heavy (non-hydrogen) atoms. The Morgan fingerprint density at radius 2 is 0.667 bits per heavy atom. The molecule has 0 spiro atoms. The first-order chi connectivity index (χ1) is 23.4. The van der Waals surface area contributed by atoms with Crippen molar-refractivity contribution in [2.24, 2.45) is 0 Å². The van der Waals surface area contributed by atoms with Crippen LogP contribution in [0.4, 0.5) is 0 Å². The van der Waals surface area contributed by atoms with Crippen LogP contribution in [0.25, 0.3) is 0 Å². The van der Waals surface area contributed by atoms with Crippen molar-refractivity contribution in [3.63, 3.8) is 0 Å². The Morgan fingerprint density at radius 1 is 0.396 bits per heavy atom. The normalized spacial score (nSPS) is 28.3. The Hall–Kier alpha value is 1.10. The van der Waals surface area contributed by atoms with Gasteiger partial charge in [-0.25, -0.2) is 0 Å². The van der Waals surface area contributed by atoms with Crippen LogP contribution in [0.5, 0.6) is 0 Å². The van der Waals surface area contributed by atoms with Crippen molar-refractivity contribution >= 4 is 40.4 Å². The number of hydrogen-bond donors (Lipinski definition) is 0. The van der Waals surface area contributed by atoms with Gasteiger partial charge in [0.2, 0.25) is 0 Å². The van der Waals surface area contributed by atoms with Crippen molar-refractivity contribution in [1.29, 1.82) is 0 Å². The average Bonchev–Trinajstić information content (AvgIpc) is 3.08. The molecule has 0 amide bonds. The zero-order chi connectivity index (χ0) is 34.4. The summed E-state index contributed by atoms with van der Waals surface area (Å²) in [5, 5.41) is 0. The molecule has 0 radical (unpaired) electrons. The van der Waals surface area contributed by atoms with E-state index in [0.717, 1.165) is 13.1 Å². The average molecular weight is 835 g/mol. The van der Waals surface area contributed by atoms with E-state index in [4.69, 9.17) is 40.4 Å². The van der Waals surface area contributed by atoms with E-state index in [0.29, 0.717) is 0 Å². The molecule has 1 aromatic carbocycles. The second kappa shape index (κ2) is 26.8. The van der Waals surface area contributed by atoms with Crippen LogP contribution in [0.3, 0.4) is 0 Å². The summed E-state index contributed by atoms with van der Waals surface area (Å²) in [5.41, 5.74) is 2.95. The molecule has 0 aliphatic carbocycles. The number of hydrogen-bond acceptors (Lipinski definition) is 8. The molecule has 4 aliphatic rings. The fraction of sp³-hybridized carbons (Fsp3) is 0.824. The SMILES string of the molecule is CN1CCCN2CCN(CCCN(Cc3ccc(CN4CCCN5CCN(C)CCCN(CC5)CC4)cc3)CC2)CC1.[Cl][Mn][Cl].[Cl][Mn][Cl]. The Bertz CT molecular complexity index is 870. The molecule has 4 fully saturated rings. The van der Waals surface area contributed by atoms with Crippen molar-refractivity contribution < 1.29 is 26.3 Å². The van der Waals surface area contributed by atoms with Crippen LogP contribution in [-0.2, 0) is 39.4 Å². The fourth-order valence-electron chi connectivity index (χ4n) is 7.29. The van der Waals surface area contributed by atoms with E-state index in [1.807, 2.05) is 0 Å². The first kappa shape index (κ1) is 43.5. The van der Waals surface area contributed by atoms with Crippen LogP contribution in [0.1, 0.15) is 36.8 Å². The monoisotopic (exact) mass is 832 g/mol. The number of likely N-dealkylation sites (N-methyl/N-ethyl adjacent to an activating group) is 2. The molecule has 280 valence electrons. The van der Waals surface area contributed by atoms with Crippen LogP contribution in [0.2, 0.25) is 0 Å². The van der Waals surface area contributed by atoms with Crippen molar-refractivity contribution in [2.75, 3.05) is 145 Å². The van der Waals surface area contributed by atoms with Gasteiger partial charge < -0.3 is 29.4 Å². The summed E-state index contributed by atoms with van der Waals surface area (Å²) in [6, 6.07) is 9.68. The molecule has 1 aromatic rings. The van der Waals surface area contributed by atoms with Gasteiger partial charge in [0.15, 0.2) is 0 Å².